The van der Waals surface area contributed by atoms with E-state index in [-0.39, 0.29) is 5.78 Å². The summed E-state index contributed by atoms with van der Waals surface area (Å²) >= 11 is 0. The SMILES string of the molecule is O=C1C=C(OC2CCCCC2)CC1. The van der Waals surface area contributed by atoms with Crippen LogP contribution in [0.4, 0.5) is 0 Å². The normalized spacial score (nSPS) is 24.6. The van der Waals surface area contributed by atoms with Crippen LogP contribution in [0.1, 0.15) is 44.9 Å². The summed E-state index contributed by atoms with van der Waals surface area (Å²) in [5.41, 5.74) is 0. The highest BCUT2D eigenvalue weighted by Crippen LogP contribution is 2.25. The van der Waals surface area contributed by atoms with Gasteiger partial charge in [-0.2, -0.15) is 0 Å². The Kier molecular flexibility index (Phi) is 2.67. The molecule has 0 amide bonds. The van der Waals surface area contributed by atoms with Crippen LogP contribution in [0.25, 0.3) is 0 Å². The number of ether oxygens (including phenoxy) is 1. The fraction of sp³-hybridized carbons (Fsp3) is 0.727. The van der Waals surface area contributed by atoms with Gasteiger partial charge < -0.3 is 4.74 Å². The van der Waals surface area contributed by atoms with Gasteiger partial charge in [-0.15, -0.1) is 0 Å². The Morgan fingerprint density at radius 2 is 1.92 bits per heavy atom. The Morgan fingerprint density at radius 3 is 2.54 bits per heavy atom. The molecule has 0 aromatic heterocycles. The standard InChI is InChI=1S/C11H16O2/c12-9-6-7-11(8-9)13-10-4-2-1-3-5-10/h8,10H,1-7H2. The molecule has 0 aromatic carbocycles. The molecule has 72 valence electrons. The lowest BCUT2D eigenvalue weighted by atomic mass is 9.98. The molecule has 0 saturated heterocycles. The van der Waals surface area contributed by atoms with Crippen LogP contribution in [0, 0.1) is 0 Å². The van der Waals surface area contributed by atoms with Gasteiger partial charge in [0.15, 0.2) is 5.78 Å². The maximum absolute atomic E-state index is 10.9. The lowest BCUT2D eigenvalue weighted by Crippen LogP contribution is -2.15. The van der Waals surface area contributed by atoms with E-state index in [0.29, 0.717) is 12.5 Å². The first-order valence-corrected chi connectivity index (χ1v) is 5.24. The smallest absolute Gasteiger partial charge is 0.159 e. The van der Waals surface area contributed by atoms with Crippen LogP contribution in [0.2, 0.25) is 0 Å². The predicted octanol–water partition coefficient (Wildman–Crippen LogP) is 2.58. The fourth-order valence-corrected chi connectivity index (χ4v) is 2.06. The molecule has 1 saturated carbocycles. The van der Waals surface area contributed by atoms with E-state index in [4.69, 9.17) is 4.74 Å². The summed E-state index contributed by atoms with van der Waals surface area (Å²) in [5.74, 6) is 1.16. The van der Waals surface area contributed by atoms with Crippen molar-refractivity contribution in [2.24, 2.45) is 0 Å². The molecule has 13 heavy (non-hydrogen) atoms. The monoisotopic (exact) mass is 180 g/mol. The first-order chi connectivity index (χ1) is 6.34. The highest BCUT2D eigenvalue weighted by molar-refractivity contribution is 5.92. The molecule has 0 heterocycles. The summed E-state index contributed by atoms with van der Waals surface area (Å²) in [6.07, 6.45) is 9.81. The minimum Gasteiger partial charge on any atom is -0.495 e. The summed E-state index contributed by atoms with van der Waals surface area (Å²) < 4.78 is 5.76. The van der Waals surface area contributed by atoms with E-state index in [2.05, 4.69) is 0 Å². The Labute approximate surface area is 79.0 Å². The maximum atomic E-state index is 10.9. The zero-order valence-corrected chi connectivity index (χ0v) is 7.92. The largest absolute Gasteiger partial charge is 0.495 e. The van der Waals surface area contributed by atoms with E-state index < -0.39 is 0 Å². The third-order valence-corrected chi connectivity index (χ3v) is 2.81. The van der Waals surface area contributed by atoms with Crippen molar-refractivity contribution >= 4 is 5.78 Å². The second-order valence-corrected chi connectivity index (χ2v) is 3.95. The van der Waals surface area contributed by atoms with Crippen molar-refractivity contribution in [3.63, 3.8) is 0 Å². The number of ketones is 1. The van der Waals surface area contributed by atoms with E-state index >= 15 is 0 Å². The second-order valence-electron chi connectivity index (χ2n) is 3.95. The van der Waals surface area contributed by atoms with Crippen molar-refractivity contribution in [3.8, 4) is 0 Å². The van der Waals surface area contributed by atoms with Crippen molar-refractivity contribution in [1.29, 1.82) is 0 Å². The molecule has 0 unspecified atom stereocenters. The van der Waals surface area contributed by atoms with Crippen LogP contribution in [-0.2, 0) is 9.53 Å². The quantitative estimate of drug-likeness (QED) is 0.653. The molecule has 2 heteroatoms. The lowest BCUT2D eigenvalue weighted by molar-refractivity contribution is -0.114. The minimum atomic E-state index is 0.228. The van der Waals surface area contributed by atoms with Gasteiger partial charge in [0.1, 0.15) is 5.76 Å². The van der Waals surface area contributed by atoms with Crippen LogP contribution in [0.5, 0.6) is 0 Å². The Bertz CT molecular complexity index is 224. The summed E-state index contributed by atoms with van der Waals surface area (Å²) in [5, 5.41) is 0. The highest BCUT2D eigenvalue weighted by Gasteiger charge is 2.19. The Balaban J connectivity index is 1.83. The molecular formula is C11H16O2. The highest BCUT2D eigenvalue weighted by atomic mass is 16.5. The van der Waals surface area contributed by atoms with Gasteiger partial charge in [0.25, 0.3) is 0 Å². The van der Waals surface area contributed by atoms with Gasteiger partial charge in [0, 0.05) is 18.9 Å². The van der Waals surface area contributed by atoms with Crippen molar-refractivity contribution in [2.45, 2.75) is 51.0 Å². The molecule has 0 aromatic rings. The molecule has 1 fully saturated rings. The van der Waals surface area contributed by atoms with Crippen LogP contribution in [0.3, 0.4) is 0 Å². The molecule has 0 bridgehead atoms. The van der Waals surface area contributed by atoms with Gasteiger partial charge >= 0.3 is 0 Å². The fourth-order valence-electron chi connectivity index (χ4n) is 2.06. The van der Waals surface area contributed by atoms with Crippen molar-refractivity contribution in [3.05, 3.63) is 11.8 Å². The van der Waals surface area contributed by atoms with E-state index in [1.807, 2.05) is 0 Å². The van der Waals surface area contributed by atoms with Gasteiger partial charge in [0.05, 0.1) is 6.10 Å². The van der Waals surface area contributed by atoms with Gasteiger partial charge in [-0.05, 0) is 25.7 Å². The van der Waals surface area contributed by atoms with E-state index in [0.717, 1.165) is 12.2 Å². The predicted molar refractivity (Wildman–Crippen MR) is 50.3 cm³/mol. The van der Waals surface area contributed by atoms with Gasteiger partial charge in [-0.3, -0.25) is 4.79 Å². The molecule has 0 atom stereocenters. The molecule has 0 radical (unpaired) electrons. The number of allylic oxidation sites excluding steroid dienone is 2. The summed E-state index contributed by atoms with van der Waals surface area (Å²) in [4.78, 5) is 10.9. The molecule has 2 rings (SSSR count). The molecule has 2 aliphatic rings. The third-order valence-electron chi connectivity index (χ3n) is 2.81. The lowest BCUT2D eigenvalue weighted by Gasteiger charge is -2.23. The maximum Gasteiger partial charge on any atom is 0.159 e. The molecule has 2 aliphatic carbocycles. The van der Waals surface area contributed by atoms with Crippen LogP contribution < -0.4 is 0 Å². The molecule has 0 aliphatic heterocycles. The van der Waals surface area contributed by atoms with Crippen molar-refractivity contribution in [2.75, 3.05) is 0 Å². The molecule has 0 N–H and O–H groups in total. The van der Waals surface area contributed by atoms with E-state index in [1.165, 1.54) is 32.1 Å². The van der Waals surface area contributed by atoms with Gasteiger partial charge in [-0.1, -0.05) is 6.42 Å². The number of rotatable bonds is 2. The van der Waals surface area contributed by atoms with E-state index in [9.17, 15) is 4.79 Å². The summed E-state index contributed by atoms with van der Waals surface area (Å²) in [6, 6.07) is 0. The Morgan fingerprint density at radius 1 is 1.15 bits per heavy atom. The van der Waals surface area contributed by atoms with Gasteiger partial charge in [0.2, 0.25) is 0 Å². The number of hydrogen-bond donors (Lipinski definition) is 0. The van der Waals surface area contributed by atoms with Crippen LogP contribution >= 0.6 is 0 Å². The van der Waals surface area contributed by atoms with Crippen molar-refractivity contribution < 1.29 is 9.53 Å². The summed E-state index contributed by atoms with van der Waals surface area (Å²) in [6.45, 7) is 0. The van der Waals surface area contributed by atoms with Crippen LogP contribution in [-0.4, -0.2) is 11.9 Å². The number of hydrogen-bond acceptors (Lipinski definition) is 2. The topological polar surface area (TPSA) is 26.3 Å². The Hall–Kier alpha value is -0.790. The second kappa shape index (κ2) is 3.95. The number of carbonyl (C=O) groups is 1. The third kappa shape index (κ3) is 2.33. The first-order valence-electron chi connectivity index (χ1n) is 5.24. The molecule has 2 nitrogen and oxygen atoms in total. The number of carbonyl (C=O) groups excluding carboxylic acids is 1. The minimum absolute atomic E-state index is 0.228. The molecule has 0 spiro atoms. The zero-order chi connectivity index (χ0) is 9.10. The molecular weight excluding hydrogens is 164 g/mol. The van der Waals surface area contributed by atoms with Crippen molar-refractivity contribution in [1.82, 2.24) is 0 Å². The average molecular weight is 180 g/mol. The zero-order valence-electron chi connectivity index (χ0n) is 7.92. The summed E-state index contributed by atoms with van der Waals surface area (Å²) in [7, 11) is 0. The first kappa shape index (κ1) is 8.79. The van der Waals surface area contributed by atoms with E-state index in [1.54, 1.807) is 6.08 Å². The van der Waals surface area contributed by atoms with Crippen LogP contribution in [0.15, 0.2) is 11.8 Å². The average Bonchev–Trinajstić information content (AvgIpc) is 2.53. The van der Waals surface area contributed by atoms with Gasteiger partial charge in [-0.25, -0.2) is 0 Å².